The quantitative estimate of drug-likeness (QED) is 0.806. The average Bonchev–Trinajstić information content (AvgIpc) is 1.94. The molecule has 1 aromatic carbocycles. The monoisotopic (exact) mass is 293 g/mol. The fourth-order valence-corrected chi connectivity index (χ4v) is 1.40. The van der Waals surface area contributed by atoms with Gasteiger partial charge in [-0.2, -0.15) is 0 Å². The van der Waals surface area contributed by atoms with E-state index < -0.39 is 0 Å². The molecular formula is C7H5Br2NS. The summed E-state index contributed by atoms with van der Waals surface area (Å²) >= 11 is 11.5. The summed E-state index contributed by atoms with van der Waals surface area (Å²) in [4.78, 5) is 0.415. The number of benzene rings is 1. The molecule has 0 aliphatic heterocycles. The van der Waals surface area contributed by atoms with E-state index in [4.69, 9.17) is 18.0 Å². The van der Waals surface area contributed by atoms with Crippen LogP contribution in [0.4, 0.5) is 0 Å². The third-order valence-electron chi connectivity index (χ3n) is 1.20. The van der Waals surface area contributed by atoms with Gasteiger partial charge < -0.3 is 5.73 Å². The number of hydrogen-bond donors (Lipinski definition) is 1. The minimum absolute atomic E-state index is 0.415. The third kappa shape index (κ3) is 2.25. The van der Waals surface area contributed by atoms with Crippen molar-refractivity contribution in [2.24, 2.45) is 5.73 Å². The molecule has 0 saturated carbocycles. The lowest BCUT2D eigenvalue weighted by molar-refractivity contribution is 1.55. The van der Waals surface area contributed by atoms with E-state index in [2.05, 4.69) is 31.9 Å². The number of nitrogens with two attached hydrogens (primary N) is 1. The number of rotatable bonds is 1. The van der Waals surface area contributed by atoms with Gasteiger partial charge in [-0.1, -0.05) is 18.3 Å². The van der Waals surface area contributed by atoms with Crippen LogP contribution in [0.2, 0.25) is 0 Å². The van der Waals surface area contributed by atoms with Crippen molar-refractivity contribution in [1.29, 1.82) is 0 Å². The Morgan fingerprint density at radius 1 is 1.27 bits per heavy atom. The standard InChI is InChI=1S/C7H5Br2NS/c8-5-2-1-4(7(10)11)3-6(5)9/h1-3H,(H2,10,11). The molecule has 58 valence electrons. The van der Waals surface area contributed by atoms with Gasteiger partial charge in [-0.25, -0.2) is 0 Å². The molecule has 0 amide bonds. The summed E-state index contributed by atoms with van der Waals surface area (Å²) in [6, 6.07) is 5.65. The van der Waals surface area contributed by atoms with Gasteiger partial charge in [-0.05, 0) is 44.0 Å². The Bertz CT molecular complexity index is 298. The highest BCUT2D eigenvalue weighted by atomic mass is 79.9. The molecule has 0 spiro atoms. The summed E-state index contributed by atoms with van der Waals surface area (Å²) in [6.07, 6.45) is 0. The Balaban J connectivity index is 3.15. The molecule has 0 atom stereocenters. The Hall–Kier alpha value is 0.0700. The zero-order chi connectivity index (χ0) is 8.43. The molecule has 0 bridgehead atoms. The van der Waals surface area contributed by atoms with E-state index in [9.17, 15) is 0 Å². The Morgan fingerprint density at radius 3 is 2.36 bits per heavy atom. The molecule has 4 heteroatoms. The van der Waals surface area contributed by atoms with E-state index in [1.165, 1.54) is 0 Å². The SMILES string of the molecule is NC(=S)c1ccc(Br)c(Br)c1. The van der Waals surface area contributed by atoms with Gasteiger partial charge >= 0.3 is 0 Å². The van der Waals surface area contributed by atoms with E-state index >= 15 is 0 Å². The second-order valence-corrected chi connectivity index (χ2v) is 4.14. The highest BCUT2D eigenvalue weighted by molar-refractivity contribution is 9.13. The molecule has 11 heavy (non-hydrogen) atoms. The van der Waals surface area contributed by atoms with Crippen molar-refractivity contribution >= 4 is 49.1 Å². The van der Waals surface area contributed by atoms with E-state index in [1.54, 1.807) is 0 Å². The lowest BCUT2D eigenvalue weighted by atomic mass is 10.2. The molecule has 0 heterocycles. The van der Waals surface area contributed by atoms with Crippen LogP contribution in [0, 0.1) is 0 Å². The lowest BCUT2D eigenvalue weighted by Crippen LogP contribution is -2.08. The topological polar surface area (TPSA) is 26.0 Å². The van der Waals surface area contributed by atoms with Crippen molar-refractivity contribution in [2.45, 2.75) is 0 Å². The fourth-order valence-electron chi connectivity index (χ4n) is 0.649. The maximum Gasteiger partial charge on any atom is 0.104 e. The highest BCUT2D eigenvalue weighted by Crippen LogP contribution is 2.23. The molecule has 1 aromatic rings. The first-order chi connectivity index (χ1) is 5.11. The minimum Gasteiger partial charge on any atom is -0.389 e. The largest absolute Gasteiger partial charge is 0.389 e. The van der Waals surface area contributed by atoms with Crippen LogP contribution in [0.25, 0.3) is 0 Å². The molecule has 1 nitrogen and oxygen atoms in total. The molecule has 0 radical (unpaired) electrons. The zero-order valence-electron chi connectivity index (χ0n) is 5.47. The van der Waals surface area contributed by atoms with Crippen molar-refractivity contribution in [3.63, 3.8) is 0 Å². The van der Waals surface area contributed by atoms with E-state index in [0.717, 1.165) is 14.5 Å². The maximum absolute atomic E-state index is 5.43. The normalized spacial score (nSPS) is 9.64. The molecule has 0 fully saturated rings. The first-order valence-electron chi connectivity index (χ1n) is 2.86. The predicted molar refractivity (Wildman–Crippen MR) is 57.7 cm³/mol. The van der Waals surface area contributed by atoms with Crippen LogP contribution in [0.15, 0.2) is 27.1 Å². The summed E-state index contributed by atoms with van der Waals surface area (Å²) < 4.78 is 1.96. The smallest absolute Gasteiger partial charge is 0.104 e. The summed E-state index contributed by atoms with van der Waals surface area (Å²) in [7, 11) is 0. The highest BCUT2D eigenvalue weighted by Gasteiger charge is 1.99. The lowest BCUT2D eigenvalue weighted by Gasteiger charge is -1.99. The van der Waals surface area contributed by atoms with E-state index in [1.807, 2.05) is 18.2 Å². The van der Waals surface area contributed by atoms with E-state index in [-0.39, 0.29) is 0 Å². The van der Waals surface area contributed by atoms with E-state index in [0.29, 0.717) is 4.99 Å². The third-order valence-corrected chi connectivity index (χ3v) is 3.32. The molecule has 2 N–H and O–H groups in total. The van der Waals surface area contributed by atoms with Crippen molar-refractivity contribution < 1.29 is 0 Å². The minimum atomic E-state index is 0.415. The van der Waals surface area contributed by atoms with Crippen molar-refractivity contribution in [2.75, 3.05) is 0 Å². The van der Waals surface area contributed by atoms with Gasteiger partial charge in [0.2, 0.25) is 0 Å². The number of halogens is 2. The van der Waals surface area contributed by atoms with Crippen molar-refractivity contribution in [3.8, 4) is 0 Å². The van der Waals surface area contributed by atoms with Gasteiger partial charge in [0.25, 0.3) is 0 Å². The number of hydrogen-bond acceptors (Lipinski definition) is 1. The second kappa shape index (κ2) is 3.65. The average molecular weight is 295 g/mol. The zero-order valence-corrected chi connectivity index (χ0v) is 9.46. The molecule has 0 aromatic heterocycles. The van der Waals surface area contributed by atoms with Crippen LogP contribution in [0.3, 0.4) is 0 Å². The molecular weight excluding hydrogens is 290 g/mol. The summed E-state index contributed by atoms with van der Waals surface area (Å²) in [5.74, 6) is 0. The van der Waals surface area contributed by atoms with Gasteiger partial charge in [0, 0.05) is 14.5 Å². The Labute approximate surface area is 87.2 Å². The van der Waals surface area contributed by atoms with Crippen LogP contribution in [-0.2, 0) is 0 Å². The summed E-state index contributed by atoms with van der Waals surface area (Å²) in [6.45, 7) is 0. The predicted octanol–water partition coefficient (Wildman–Crippen LogP) is 2.85. The van der Waals surface area contributed by atoms with Gasteiger partial charge in [0.05, 0.1) is 0 Å². The molecule has 0 aliphatic rings. The Morgan fingerprint density at radius 2 is 1.91 bits per heavy atom. The summed E-state index contributed by atoms with van der Waals surface area (Å²) in [5, 5.41) is 0. The molecule has 0 saturated heterocycles. The second-order valence-electron chi connectivity index (χ2n) is 1.99. The van der Waals surface area contributed by atoms with Crippen molar-refractivity contribution in [1.82, 2.24) is 0 Å². The molecule has 0 unspecified atom stereocenters. The van der Waals surface area contributed by atoms with Crippen molar-refractivity contribution in [3.05, 3.63) is 32.7 Å². The molecule has 0 aliphatic carbocycles. The van der Waals surface area contributed by atoms with Crippen LogP contribution < -0.4 is 5.73 Å². The first kappa shape index (κ1) is 9.16. The molecule has 1 rings (SSSR count). The van der Waals surface area contributed by atoms with Crippen LogP contribution in [0.5, 0.6) is 0 Å². The first-order valence-corrected chi connectivity index (χ1v) is 4.85. The number of thiocarbonyl (C=S) groups is 1. The van der Waals surface area contributed by atoms with Gasteiger partial charge in [0.15, 0.2) is 0 Å². The van der Waals surface area contributed by atoms with Gasteiger partial charge in [-0.15, -0.1) is 0 Å². The maximum atomic E-state index is 5.43. The summed E-state index contributed by atoms with van der Waals surface area (Å²) in [5.41, 5.74) is 6.30. The van der Waals surface area contributed by atoms with Gasteiger partial charge in [-0.3, -0.25) is 0 Å². The van der Waals surface area contributed by atoms with Crippen LogP contribution >= 0.6 is 44.1 Å². The van der Waals surface area contributed by atoms with Gasteiger partial charge in [0.1, 0.15) is 4.99 Å². The fraction of sp³-hybridized carbons (Fsp3) is 0. The van der Waals surface area contributed by atoms with Crippen LogP contribution in [0.1, 0.15) is 5.56 Å². The Kier molecular flexibility index (Phi) is 3.04. The van der Waals surface area contributed by atoms with Crippen LogP contribution in [-0.4, -0.2) is 4.99 Å².